The van der Waals surface area contributed by atoms with Gasteiger partial charge >= 0.3 is 5.69 Å². The van der Waals surface area contributed by atoms with E-state index < -0.39 is 23.2 Å². The molecule has 1 aliphatic heterocycles. The largest absolute Gasteiger partial charge is 0.496 e. The number of H-pyrrole nitrogens is 1. The molecule has 0 radical (unpaired) electrons. The highest BCUT2D eigenvalue weighted by Gasteiger charge is 2.36. The maximum atomic E-state index is 12.7. The van der Waals surface area contributed by atoms with E-state index in [4.69, 9.17) is 4.74 Å². The monoisotopic (exact) mass is 448 g/mol. The summed E-state index contributed by atoms with van der Waals surface area (Å²) in [7, 11) is 1.54. The van der Waals surface area contributed by atoms with E-state index >= 15 is 0 Å². The van der Waals surface area contributed by atoms with E-state index in [0.29, 0.717) is 5.75 Å². The molecule has 33 heavy (non-hydrogen) atoms. The molecular formula is C24H24N4O5. The number of aromatic nitrogens is 2. The molecule has 2 heterocycles. The smallest absolute Gasteiger partial charge is 0.331 e. The molecule has 2 aromatic carbocycles. The average Bonchev–Trinajstić information content (AvgIpc) is 3.26. The van der Waals surface area contributed by atoms with Crippen molar-refractivity contribution >= 4 is 11.6 Å². The van der Waals surface area contributed by atoms with Gasteiger partial charge in [-0.2, -0.15) is 5.10 Å². The fraction of sp³-hybridized carbons (Fsp3) is 0.250. The molecule has 4 rings (SSSR count). The SMILES string of the molecule is CCC(=O)N1N=C(c2c(O)n(Cc3ccccc3)c(=O)[nH]c2=O)C[C@@H]1c1ccccc1OC. The third-order valence-electron chi connectivity index (χ3n) is 5.61. The minimum Gasteiger partial charge on any atom is -0.496 e. The molecule has 3 aromatic rings. The third kappa shape index (κ3) is 4.17. The van der Waals surface area contributed by atoms with Crippen molar-refractivity contribution in [2.75, 3.05) is 7.11 Å². The topological polar surface area (TPSA) is 117 Å². The number of rotatable bonds is 6. The molecule has 9 nitrogen and oxygen atoms in total. The van der Waals surface area contributed by atoms with Gasteiger partial charge in [-0.05, 0) is 11.6 Å². The van der Waals surface area contributed by atoms with Crippen LogP contribution in [0.2, 0.25) is 0 Å². The summed E-state index contributed by atoms with van der Waals surface area (Å²) in [5.74, 6) is -0.148. The van der Waals surface area contributed by atoms with Crippen molar-refractivity contribution in [2.24, 2.45) is 5.10 Å². The molecule has 0 fully saturated rings. The summed E-state index contributed by atoms with van der Waals surface area (Å²) in [6, 6.07) is 15.8. The van der Waals surface area contributed by atoms with Crippen molar-refractivity contribution in [2.45, 2.75) is 32.4 Å². The van der Waals surface area contributed by atoms with Crippen molar-refractivity contribution in [1.29, 1.82) is 0 Å². The number of ether oxygens (including phenoxy) is 1. The molecule has 1 amide bonds. The van der Waals surface area contributed by atoms with Crippen LogP contribution in [-0.4, -0.2) is 38.4 Å². The fourth-order valence-corrected chi connectivity index (χ4v) is 3.97. The van der Waals surface area contributed by atoms with Crippen LogP contribution in [-0.2, 0) is 11.3 Å². The van der Waals surface area contributed by atoms with Crippen LogP contribution in [0.25, 0.3) is 0 Å². The molecule has 2 N–H and O–H groups in total. The number of carbonyl (C=O) groups excluding carboxylic acids is 1. The maximum absolute atomic E-state index is 12.7. The number of methoxy groups -OCH3 is 1. The van der Waals surface area contributed by atoms with Gasteiger partial charge in [0.25, 0.3) is 5.56 Å². The van der Waals surface area contributed by atoms with E-state index in [1.54, 1.807) is 13.0 Å². The van der Waals surface area contributed by atoms with E-state index in [9.17, 15) is 19.5 Å². The number of aromatic amines is 1. The first-order chi connectivity index (χ1) is 15.9. The molecule has 9 heteroatoms. The highest BCUT2D eigenvalue weighted by molar-refractivity contribution is 6.04. The van der Waals surface area contributed by atoms with Crippen LogP contribution < -0.4 is 16.0 Å². The predicted molar refractivity (Wildman–Crippen MR) is 123 cm³/mol. The lowest BCUT2D eigenvalue weighted by molar-refractivity contribution is -0.132. The molecule has 0 saturated heterocycles. The summed E-state index contributed by atoms with van der Waals surface area (Å²) in [6.07, 6.45) is 0.380. The fourth-order valence-electron chi connectivity index (χ4n) is 3.97. The second-order valence-electron chi connectivity index (χ2n) is 7.63. The highest BCUT2D eigenvalue weighted by atomic mass is 16.5. The van der Waals surface area contributed by atoms with Gasteiger partial charge in [-0.1, -0.05) is 55.5 Å². The minimum absolute atomic E-state index is 0.0656. The summed E-state index contributed by atoms with van der Waals surface area (Å²) >= 11 is 0. The van der Waals surface area contributed by atoms with Crippen LogP contribution in [0.15, 0.2) is 69.3 Å². The number of hydrogen-bond donors (Lipinski definition) is 2. The van der Waals surface area contributed by atoms with E-state index in [1.165, 1.54) is 12.1 Å². The lowest BCUT2D eigenvalue weighted by atomic mass is 9.98. The first kappa shape index (κ1) is 22.1. The second kappa shape index (κ2) is 9.15. The van der Waals surface area contributed by atoms with Crippen molar-refractivity contribution in [3.63, 3.8) is 0 Å². The molecule has 1 aromatic heterocycles. The quantitative estimate of drug-likeness (QED) is 0.601. The summed E-state index contributed by atoms with van der Waals surface area (Å²) < 4.78 is 6.54. The molecule has 170 valence electrons. The highest BCUT2D eigenvalue weighted by Crippen LogP contribution is 2.38. The van der Waals surface area contributed by atoms with Crippen molar-refractivity contribution in [3.05, 3.63) is 92.1 Å². The van der Waals surface area contributed by atoms with Gasteiger partial charge in [0.05, 0.1) is 25.4 Å². The number of nitrogens with zero attached hydrogens (tertiary/aromatic N) is 3. The Morgan fingerprint density at radius 1 is 1.15 bits per heavy atom. The number of benzene rings is 2. The van der Waals surface area contributed by atoms with Gasteiger partial charge in [0.1, 0.15) is 11.3 Å². The van der Waals surface area contributed by atoms with Gasteiger partial charge in [-0.3, -0.25) is 19.1 Å². The number of hydrogen-bond acceptors (Lipinski definition) is 6. The standard InChI is InChI=1S/C24H24N4O5/c1-3-20(29)28-18(16-11-7-8-12-19(16)33-2)13-17(26-28)21-22(30)25-24(32)27(23(21)31)14-15-9-5-4-6-10-15/h4-12,18,31H,3,13-14H2,1-2H3,(H,25,30,32)/t18-/m1/s1. The van der Waals surface area contributed by atoms with Gasteiger partial charge in [-0.15, -0.1) is 0 Å². The normalized spacial score (nSPS) is 15.4. The molecule has 0 aliphatic carbocycles. The molecule has 0 spiro atoms. The zero-order chi connectivity index (χ0) is 23.5. The van der Waals surface area contributed by atoms with Crippen molar-refractivity contribution < 1.29 is 14.6 Å². The third-order valence-corrected chi connectivity index (χ3v) is 5.61. The van der Waals surface area contributed by atoms with Gasteiger partial charge in [0.15, 0.2) is 0 Å². The van der Waals surface area contributed by atoms with Crippen LogP contribution in [0, 0.1) is 0 Å². The van der Waals surface area contributed by atoms with Crippen LogP contribution >= 0.6 is 0 Å². The van der Waals surface area contributed by atoms with Crippen molar-refractivity contribution in [1.82, 2.24) is 14.6 Å². The lowest BCUT2D eigenvalue weighted by Gasteiger charge is -2.23. The van der Waals surface area contributed by atoms with Crippen molar-refractivity contribution in [3.8, 4) is 11.6 Å². The Bertz CT molecular complexity index is 1330. The van der Waals surface area contributed by atoms with Crippen LogP contribution in [0.4, 0.5) is 0 Å². The summed E-state index contributed by atoms with van der Waals surface area (Å²) in [4.78, 5) is 40.1. The number of aromatic hydroxyl groups is 1. The summed E-state index contributed by atoms with van der Waals surface area (Å²) in [5, 5.41) is 16.7. The molecule has 1 aliphatic rings. The molecular weight excluding hydrogens is 424 g/mol. The first-order valence-corrected chi connectivity index (χ1v) is 10.6. The summed E-state index contributed by atoms with van der Waals surface area (Å²) in [5.41, 5.74) is 0.103. The van der Waals surface area contributed by atoms with Crippen LogP contribution in [0.3, 0.4) is 0 Å². The molecule has 0 unspecified atom stereocenters. The Kier molecular flexibility index (Phi) is 6.12. The minimum atomic E-state index is -0.759. The molecule has 0 saturated carbocycles. The van der Waals surface area contributed by atoms with Gasteiger partial charge in [0.2, 0.25) is 11.8 Å². The first-order valence-electron chi connectivity index (χ1n) is 10.6. The average molecular weight is 448 g/mol. The number of hydrazone groups is 1. The van der Waals surface area contributed by atoms with Gasteiger partial charge < -0.3 is 9.84 Å². The zero-order valence-corrected chi connectivity index (χ0v) is 18.3. The predicted octanol–water partition coefficient (Wildman–Crippen LogP) is 2.39. The Morgan fingerprint density at radius 2 is 1.85 bits per heavy atom. The zero-order valence-electron chi connectivity index (χ0n) is 18.3. The molecule has 0 bridgehead atoms. The number of nitrogens with one attached hydrogen (secondary N) is 1. The van der Waals surface area contributed by atoms with E-state index in [0.717, 1.165) is 15.7 Å². The van der Waals surface area contributed by atoms with Gasteiger partial charge in [0, 0.05) is 18.4 Å². The van der Waals surface area contributed by atoms with Crippen LogP contribution in [0.5, 0.6) is 11.6 Å². The summed E-state index contributed by atoms with van der Waals surface area (Å²) in [6.45, 7) is 1.79. The number of para-hydroxylation sites is 1. The van der Waals surface area contributed by atoms with E-state index in [2.05, 4.69) is 10.1 Å². The lowest BCUT2D eigenvalue weighted by Crippen LogP contribution is -2.34. The Balaban J connectivity index is 1.80. The van der Waals surface area contributed by atoms with Crippen LogP contribution in [0.1, 0.15) is 42.5 Å². The van der Waals surface area contributed by atoms with E-state index in [1.807, 2.05) is 48.5 Å². The maximum Gasteiger partial charge on any atom is 0.331 e. The number of amides is 1. The van der Waals surface area contributed by atoms with Gasteiger partial charge in [-0.25, -0.2) is 9.80 Å². The Labute approximate surface area is 189 Å². The second-order valence-corrected chi connectivity index (χ2v) is 7.63. The molecule has 1 atom stereocenters. The Hall–Kier alpha value is -4.14. The van der Waals surface area contributed by atoms with E-state index in [-0.39, 0.29) is 36.6 Å². The Morgan fingerprint density at radius 3 is 2.55 bits per heavy atom. The number of carbonyl (C=O) groups is 1.